The highest BCUT2D eigenvalue weighted by atomic mass is 35.5. The predicted molar refractivity (Wildman–Crippen MR) is 86.2 cm³/mol. The summed E-state index contributed by atoms with van der Waals surface area (Å²) in [5.41, 5.74) is 4.17. The molecule has 0 fully saturated rings. The lowest BCUT2D eigenvalue weighted by Crippen LogP contribution is -2.18. The number of carbonyl (C=O) groups is 1. The van der Waals surface area contributed by atoms with Gasteiger partial charge in [0.2, 0.25) is 0 Å². The third kappa shape index (κ3) is 3.57. The van der Waals surface area contributed by atoms with Crippen molar-refractivity contribution >= 4 is 52.1 Å². The van der Waals surface area contributed by atoms with Crippen molar-refractivity contribution in [1.82, 2.24) is 4.98 Å². The molecule has 21 heavy (non-hydrogen) atoms. The van der Waals surface area contributed by atoms with Crippen LogP contribution < -0.4 is 16.6 Å². The molecule has 0 spiro atoms. The monoisotopic (exact) mass is 344 g/mol. The zero-order chi connectivity index (χ0) is 15.6. The minimum atomic E-state index is -0.443. The molecule has 1 heterocycles. The van der Waals surface area contributed by atoms with Gasteiger partial charge in [0.1, 0.15) is 0 Å². The normalized spacial score (nSPS) is 10.3. The highest BCUT2D eigenvalue weighted by Gasteiger charge is 2.16. The van der Waals surface area contributed by atoms with E-state index in [0.717, 1.165) is 5.69 Å². The summed E-state index contributed by atoms with van der Waals surface area (Å²) in [7, 11) is 0. The fraction of sp³-hybridized carbons (Fsp3) is 0.0769. The van der Waals surface area contributed by atoms with Gasteiger partial charge in [0, 0.05) is 16.9 Å². The number of benzene rings is 1. The van der Waals surface area contributed by atoms with Crippen LogP contribution in [0.4, 0.5) is 11.4 Å². The SMILES string of the molecule is Cc1cc(NN)c(C(=O)Nc2c(Cl)cc(Cl)cc2Cl)cn1. The highest BCUT2D eigenvalue weighted by molar-refractivity contribution is 6.42. The Balaban J connectivity index is 2.35. The lowest BCUT2D eigenvalue weighted by molar-refractivity contribution is 0.102. The number of pyridine rings is 1. The van der Waals surface area contributed by atoms with Crippen LogP contribution >= 0.6 is 34.8 Å². The molecule has 2 rings (SSSR count). The van der Waals surface area contributed by atoms with Gasteiger partial charge >= 0.3 is 0 Å². The van der Waals surface area contributed by atoms with Gasteiger partial charge < -0.3 is 10.7 Å². The summed E-state index contributed by atoms with van der Waals surface area (Å²) in [6.07, 6.45) is 1.41. The van der Waals surface area contributed by atoms with Gasteiger partial charge in [0.15, 0.2) is 0 Å². The van der Waals surface area contributed by atoms with E-state index < -0.39 is 5.91 Å². The molecule has 4 N–H and O–H groups in total. The second-order valence-electron chi connectivity index (χ2n) is 4.21. The van der Waals surface area contributed by atoms with Crippen LogP contribution in [0.25, 0.3) is 0 Å². The van der Waals surface area contributed by atoms with E-state index in [9.17, 15) is 4.79 Å². The molecule has 1 aromatic carbocycles. The van der Waals surface area contributed by atoms with Gasteiger partial charge in [-0.25, -0.2) is 0 Å². The van der Waals surface area contributed by atoms with Crippen molar-refractivity contribution in [3.63, 3.8) is 0 Å². The van der Waals surface area contributed by atoms with Crippen molar-refractivity contribution in [2.75, 3.05) is 10.7 Å². The maximum absolute atomic E-state index is 12.3. The van der Waals surface area contributed by atoms with Crippen LogP contribution in [-0.4, -0.2) is 10.9 Å². The van der Waals surface area contributed by atoms with E-state index in [1.165, 1.54) is 18.3 Å². The van der Waals surface area contributed by atoms with E-state index >= 15 is 0 Å². The van der Waals surface area contributed by atoms with Crippen LogP contribution in [0.3, 0.4) is 0 Å². The Morgan fingerprint density at radius 1 is 1.19 bits per heavy atom. The fourth-order valence-corrected chi connectivity index (χ4v) is 2.61. The topological polar surface area (TPSA) is 80.0 Å². The Hall–Kier alpha value is -1.53. The van der Waals surface area contributed by atoms with Crippen molar-refractivity contribution in [2.24, 2.45) is 5.84 Å². The first-order valence-electron chi connectivity index (χ1n) is 5.81. The number of nitrogens with one attached hydrogen (secondary N) is 2. The number of nitrogen functional groups attached to an aromatic ring is 1. The first-order chi connectivity index (χ1) is 9.92. The number of nitrogens with zero attached hydrogens (tertiary/aromatic N) is 1. The molecule has 0 unspecified atom stereocenters. The minimum Gasteiger partial charge on any atom is -0.323 e. The van der Waals surface area contributed by atoms with Crippen molar-refractivity contribution in [1.29, 1.82) is 0 Å². The van der Waals surface area contributed by atoms with E-state index in [2.05, 4.69) is 15.7 Å². The molecule has 0 radical (unpaired) electrons. The molecule has 0 aliphatic rings. The summed E-state index contributed by atoms with van der Waals surface area (Å²) in [5.74, 6) is 4.96. The largest absolute Gasteiger partial charge is 0.323 e. The Bertz CT molecular complexity index is 683. The number of amides is 1. The van der Waals surface area contributed by atoms with Gasteiger partial charge in [0.05, 0.1) is 27.0 Å². The summed E-state index contributed by atoms with van der Waals surface area (Å²) in [6, 6.07) is 4.63. The Kier molecular flexibility index (Phi) is 4.90. The predicted octanol–water partition coefficient (Wildman–Crippen LogP) is 3.89. The summed E-state index contributed by atoms with van der Waals surface area (Å²) in [6.45, 7) is 1.79. The van der Waals surface area contributed by atoms with Gasteiger partial charge in [-0.15, -0.1) is 0 Å². The number of hydrogen-bond donors (Lipinski definition) is 3. The minimum absolute atomic E-state index is 0.239. The molecule has 0 aliphatic heterocycles. The number of carbonyl (C=O) groups excluding carboxylic acids is 1. The standard InChI is InChI=1S/C13H11Cl3N4O/c1-6-2-11(20-17)8(5-18-6)13(21)19-12-9(15)3-7(14)4-10(12)16/h2-5H,17H2,1H3,(H,18,20)(H,19,21). The third-order valence-corrected chi connectivity index (χ3v) is 3.50. The third-order valence-electron chi connectivity index (χ3n) is 2.69. The number of rotatable bonds is 3. The lowest BCUT2D eigenvalue weighted by Gasteiger charge is -2.12. The molecule has 1 amide bonds. The summed E-state index contributed by atoms with van der Waals surface area (Å²) in [4.78, 5) is 16.4. The Labute approximate surface area is 136 Å². The molecule has 0 saturated heterocycles. The molecule has 0 aliphatic carbocycles. The Morgan fingerprint density at radius 2 is 1.81 bits per heavy atom. The van der Waals surface area contributed by atoms with Crippen molar-refractivity contribution in [2.45, 2.75) is 6.92 Å². The number of aryl methyl sites for hydroxylation is 1. The van der Waals surface area contributed by atoms with Gasteiger partial charge in [-0.1, -0.05) is 34.8 Å². The number of aromatic nitrogens is 1. The summed E-state index contributed by atoms with van der Waals surface area (Å²) >= 11 is 17.9. The molecule has 2 aromatic rings. The number of hydrazine groups is 1. The smallest absolute Gasteiger partial charge is 0.259 e. The van der Waals surface area contributed by atoms with Crippen molar-refractivity contribution < 1.29 is 4.79 Å². The van der Waals surface area contributed by atoms with Crippen LogP contribution in [0, 0.1) is 6.92 Å². The zero-order valence-corrected chi connectivity index (χ0v) is 13.1. The van der Waals surface area contributed by atoms with Crippen molar-refractivity contribution in [3.8, 4) is 0 Å². The first kappa shape index (κ1) is 15.9. The van der Waals surface area contributed by atoms with Crippen LogP contribution in [0.15, 0.2) is 24.4 Å². The van der Waals surface area contributed by atoms with E-state index in [-0.39, 0.29) is 21.3 Å². The van der Waals surface area contributed by atoms with Crippen molar-refractivity contribution in [3.05, 3.63) is 50.7 Å². The van der Waals surface area contributed by atoms with Gasteiger partial charge in [0.25, 0.3) is 5.91 Å². The number of nitrogens with two attached hydrogens (primary N) is 1. The average molecular weight is 346 g/mol. The zero-order valence-electron chi connectivity index (χ0n) is 10.9. The molecule has 110 valence electrons. The number of halogens is 3. The van der Waals surface area contributed by atoms with E-state index in [1.54, 1.807) is 13.0 Å². The second kappa shape index (κ2) is 6.49. The van der Waals surface area contributed by atoms with Crippen LogP contribution in [0.5, 0.6) is 0 Å². The molecule has 5 nitrogen and oxygen atoms in total. The van der Waals surface area contributed by atoms with Gasteiger partial charge in [-0.05, 0) is 25.1 Å². The highest BCUT2D eigenvalue weighted by Crippen LogP contribution is 2.34. The maximum Gasteiger partial charge on any atom is 0.259 e. The molecule has 0 saturated carbocycles. The lowest BCUT2D eigenvalue weighted by atomic mass is 10.2. The average Bonchev–Trinajstić information content (AvgIpc) is 2.42. The maximum atomic E-state index is 12.3. The van der Waals surface area contributed by atoms with E-state index in [0.29, 0.717) is 10.7 Å². The fourth-order valence-electron chi connectivity index (χ4n) is 1.70. The second-order valence-corrected chi connectivity index (χ2v) is 5.47. The van der Waals surface area contributed by atoms with E-state index in [4.69, 9.17) is 40.6 Å². The summed E-state index contributed by atoms with van der Waals surface area (Å²) in [5, 5.41) is 3.48. The van der Waals surface area contributed by atoms with Crippen LogP contribution in [0.1, 0.15) is 16.1 Å². The van der Waals surface area contributed by atoms with Crippen LogP contribution in [0.2, 0.25) is 15.1 Å². The number of anilines is 2. The van der Waals surface area contributed by atoms with Gasteiger partial charge in [-0.2, -0.15) is 0 Å². The molecule has 0 bridgehead atoms. The van der Waals surface area contributed by atoms with E-state index in [1.807, 2.05) is 0 Å². The first-order valence-corrected chi connectivity index (χ1v) is 6.95. The molecular weight excluding hydrogens is 335 g/mol. The Morgan fingerprint density at radius 3 is 2.38 bits per heavy atom. The molecule has 0 atom stereocenters. The molecule has 8 heteroatoms. The molecular formula is C13H11Cl3N4O. The number of hydrogen-bond acceptors (Lipinski definition) is 4. The van der Waals surface area contributed by atoms with Gasteiger partial charge in [-0.3, -0.25) is 15.6 Å². The van der Waals surface area contributed by atoms with Crippen LogP contribution in [-0.2, 0) is 0 Å². The quantitative estimate of drug-likeness (QED) is 0.582. The summed E-state index contributed by atoms with van der Waals surface area (Å²) < 4.78 is 0. The molecule has 1 aromatic heterocycles.